The zero-order chi connectivity index (χ0) is 15.2. The van der Waals surface area contributed by atoms with E-state index in [0.717, 1.165) is 26.2 Å². The third-order valence-electron chi connectivity index (χ3n) is 4.95. The Hall–Kier alpha value is -1.10. The molecule has 4 nitrogen and oxygen atoms in total. The Morgan fingerprint density at radius 3 is 2.27 bits per heavy atom. The third-order valence-corrected chi connectivity index (χ3v) is 4.95. The van der Waals surface area contributed by atoms with E-state index in [9.17, 15) is 0 Å². The molecule has 2 saturated heterocycles. The molecule has 22 heavy (non-hydrogen) atoms. The number of rotatable bonds is 5. The number of piperazine rings is 2. The van der Waals surface area contributed by atoms with Gasteiger partial charge in [-0.1, -0.05) is 12.1 Å². The Kier molecular flexibility index (Phi) is 5.70. The molecule has 1 aromatic carbocycles. The van der Waals surface area contributed by atoms with Crippen LogP contribution in [0.3, 0.4) is 0 Å². The van der Waals surface area contributed by atoms with Crippen molar-refractivity contribution in [1.82, 2.24) is 15.1 Å². The predicted octanol–water partition coefficient (Wildman–Crippen LogP) is 1.28. The summed E-state index contributed by atoms with van der Waals surface area (Å²) in [7, 11) is 2.22. The Morgan fingerprint density at radius 1 is 0.909 bits per heavy atom. The molecule has 2 fully saturated rings. The van der Waals surface area contributed by atoms with E-state index in [1.54, 1.807) is 0 Å². The van der Waals surface area contributed by atoms with Crippen LogP contribution in [0.4, 0.5) is 5.69 Å². The van der Waals surface area contributed by atoms with Gasteiger partial charge >= 0.3 is 0 Å². The van der Waals surface area contributed by atoms with Gasteiger partial charge in [-0.2, -0.15) is 0 Å². The fourth-order valence-electron chi connectivity index (χ4n) is 3.37. The maximum atomic E-state index is 3.41. The molecule has 0 spiro atoms. The molecule has 2 aliphatic heterocycles. The van der Waals surface area contributed by atoms with Crippen molar-refractivity contribution in [3.8, 4) is 0 Å². The van der Waals surface area contributed by atoms with Crippen molar-refractivity contribution in [2.45, 2.75) is 12.8 Å². The van der Waals surface area contributed by atoms with Crippen molar-refractivity contribution < 1.29 is 0 Å². The first-order valence-corrected chi connectivity index (χ1v) is 8.77. The monoisotopic (exact) mass is 302 g/mol. The summed E-state index contributed by atoms with van der Waals surface area (Å²) in [5, 5.41) is 3.41. The first kappa shape index (κ1) is 15.8. The summed E-state index contributed by atoms with van der Waals surface area (Å²) in [5.74, 6) is 0. The van der Waals surface area contributed by atoms with Crippen LogP contribution in [-0.4, -0.2) is 75.8 Å². The molecule has 0 unspecified atom stereocenters. The first-order chi connectivity index (χ1) is 10.8. The molecular weight excluding hydrogens is 272 g/mol. The van der Waals surface area contributed by atoms with Gasteiger partial charge in [0.1, 0.15) is 0 Å². The van der Waals surface area contributed by atoms with E-state index in [1.807, 2.05) is 0 Å². The highest BCUT2D eigenvalue weighted by Gasteiger charge is 2.13. The molecular formula is C18H30N4. The summed E-state index contributed by atoms with van der Waals surface area (Å²) in [4.78, 5) is 7.50. The Labute approximate surface area is 135 Å². The summed E-state index contributed by atoms with van der Waals surface area (Å²) in [6.07, 6.45) is 2.48. The molecule has 0 saturated carbocycles. The van der Waals surface area contributed by atoms with Gasteiger partial charge in [-0.05, 0) is 44.1 Å². The van der Waals surface area contributed by atoms with E-state index in [-0.39, 0.29) is 0 Å². The van der Waals surface area contributed by atoms with Crippen molar-refractivity contribution in [3.63, 3.8) is 0 Å². The normalized spacial score (nSPS) is 21.2. The van der Waals surface area contributed by atoms with Gasteiger partial charge in [-0.15, -0.1) is 0 Å². The number of nitrogens with one attached hydrogen (secondary N) is 1. The second-order valence-corrected chi connectivity index (χ2v) is 6.65. The molecule has 1 aromatic rings. The van der Waals surface area contributed by atoms with Crippen molar-refractivity contribution in [2.75, 3.05) is 70.9 Å². The molecule has 0 aliphatic carbocycles. The highest BCUT2D eigenvalue weighted by molar-refractivity contribution is 5.48. The molecule has 0 aromatic heterocycles. The highest BCUT2D eigenvalue weighted by Crippen LogP contribution is 2.16. The molecule has 0 bridgehead atoms. The van der Waals surface area contributed by atoms with E-state index < -0.39 is 0 Å². The Morgan fingerprint density at radius 2 is 1.59 bits per heavy atom. The number of aryl methyl sites for hydroxylation is 1. The second-order valence-electron chi connectivity index (χ2n) is 6.65. The third kappa shape index (κ3) is 4.45. The van der Waals surface area contributed by atoms with Gasteiger partial charge in [0.15, 0.2) is 0 Å². The lowest BCUT2D eigenvalue weighted by molar-refractivity contribution is 0.153. The number of likely N-dealkylation sites (N-methyl/N-ethyl adjacent to an activating group) is 1. The first-order valence-electron chi connectivity index (χ1n) is 8.77. The van der Waals surface area contributed by atoms with Gasteiger partial charge in [-0.25, -0.2) is 0 Å². The lowest BCUT2D eigenvalue weighted by Gasteiger charge is -2.32. The van der Waals surface area contributed by atoms with Crippen LogP contribution in [-0.2, 0) is 6.42 Å². The molecule has 4 heteroatoms. The Balaban J connectivity index is 1.41. The van der Waals surface area contributed by atoms with Gasteiger partial charge in [0.2, 0.25) is 0 Å². The lowest BCUT2D eigenvalue weighted by Crippen LogP contribution is -2.44. The van der Waals surface area contributed by atoms with Crippen molar-refractivity contribution in [3.05, 3.63) is 29.8 Å². The highest BCUT2D eigenvalue weighted by atomic mass is 15.2. The second kappa shape index (κ2) is 7.95. The van der Waals surface area contributed by atoms with Gasteiger partial charge in [-0.3, -0.25) is 0 Å². The van der Waals surface area contributed by atoms with E-state index in [0.29, 0.717) is 0 Å². The average Bonchev–Trinajstić information content (AvgIpc) is 2.58. The summed E-state index contributed by atoms with van der Waals surface area (Å²) < 4.78 is 0. The Bertz CT molecular complexity index is 431. The summed E-state index contributed by atoms with van der Waals surface area (Å²) in [5.41, 5.74) is 2.86. The molecule has 0 amide bonds. The molecule has 2 aliphatic rings. The number of nitrogens with zero attached hydrogens (tertiary/aromatic N) is 3. The van der Waals surface area contributed by atoms with Gasteiger partial charge in [0.25, 0.3) is 0 Å². The maximum absolute atomic E-state index is 3.41. The van der Waals surface area contributed by atoms with Crippen molar-refractivity contribution >= 4 is 5.69 Å². The zero-order valence-electron chi connectivity index (χ0n) is 13.9. The lowest BCUT2D eigenvalue weighted by atomic mass is 10.1. The van der Waals surface area contributed by atoms with E-state index in [2.05, 4.69) is 51.3 Å². The average molecular weight is 302 g/mol. The summed E-state index contributed by atoms with van der Waals surface area (Å²) in [6.45, 7) is 10.6. The largest absolute Gasteiger partial charge is 0.369 e. The number of anilines is 1. The number of benzene rings is 1. The molecule has 3 rings (SSSR count). The molecule has 0 radical (unpaired) electrons. The summed E-state index contributed by atoms with van der Waals surface area (Å²) in [6, 6.07) is 9.25. The van der Waals surface area contributed by atoms with Crippen LogP contribution < -0.4 is 10.2 Å². The fraction of sp³-hybridized carbons (Fsp3) is 0.667. The van der Waals surface area contributed by atoms with E-state index in [4.69, 9.17) is 0 Å². The van der Waals surface area contributed by atoms with Crippen LogP contribution in [0.1, 0.15) is 12.0 Å². The topological polar surface area (TPSA) is 21.8 Å². The standard InChI is InChI=1S/C18H30N4/c1-20-13-15-21(16-14-20)10-2-3-17-4-6-18(7-5-17)22-11-8-19-9-12-22/h4-7,19H,2-3,8-16H2,1H3. The minimum atomic E-state index is 1.10. The van der Waals surface area contributed by atoms with Crippen LogP contribution in [0.25, 0.3) is 0 Å². The molecule has 2 heterocycles. The van der Waals surface area contributed by atoms with E-state index >= 15 is 0 Å². The van der Waals surface area contributed by atoms with Gasteiger partial charge in [0, 0.05) is 58.0 Å². The van der Waals surface area contributed by atoms with E-state index in [1.165, 1.54) is 56.8 Å². The molecule has 0 atom stereocenters. The smallest absolute Gasteiger partial charge is 0.0367 e. The predicted molar refractivity (Wildman–Crippen MR) is 93.8 cm³/mol. The summed E-state index contributed by atoms with van der Waals surface area (Å²) >= 11 is 0. The number of hydrogen-bond acceptors (Lipinski definition) is 4. The van der Waals surface area contributed by atoms with Crippen LogP contribution in [0, 0.1) is 0 Å². The van der Waals surface area contributed by atoms with Crippen LogP contribution in [0.15, 0.2) is 24.3 Å². The SMILES string of the molecule is CN1CCN(CCCc2ccc(N3CCNCC3)cc2)CC1. The van der Waals surface area contributed by atoms with Crippen LogP contribution in [0.5, 0.6) is 0 Å². The minimum Gasteiger partial charge on any atom is -0.369 e. The van der Waals surface area contributed by atoms with Gasteiger partial charge in [0.05, 0.1) is 0 Å². The number of hydrogen-bond donors (Lipinski definition) is 1. The minimum absolute atomic E-state index is 1.10. The zero-order valence-corrected chi connectivity index (χ0v) is 13.9. The molecule has 1 N–H and O–H groups in total. The fourth-order valence-corrected chi connectivity index (χ4v) is 3.37. The molecule has 122 valence electrons. The van der Waals surface area contributed by atoms with Gasteiger partial charge < -0.3 is 20.0 Å². The quantitative estimate of drug-likeness (QED) is 0.884. The maximum Gasteiger partial charge on any atom is 0.0367 e. The van der Waals surface area contributed by atoms with Crippen LogP contribution >= 0.6 is 0 Å². The van der Waals surface area contributed by atoms with Crippen molar-refractivity contribution in [2.24, 2.45) is 0 Å². The van der Waals surface area contributed by atoms with Crippen molar-refractivity contribution in [1.29, 1.82) is 0 Å². The van der Waals surface area contributed by atoms with Crippen LogP contribution in [0.2, 0.25) is 0 Å².